The zero-order valence-corrected chi connectivity index (χ0v) is 14.8. The number of hydrogen-bond donors (Lipinski definition) is 3. The number of H-pyrrole nitrogens is 1. The van der Waals surface area contributed by atoms with Crippen molar-refractivity contribution in [2.75, 3.05) is 0 Å². The predicted molar refractivity (Wildman–Crippen MR) is 105 cm³/mol. The lowest BCUT2D eigenvalue weighted by Gasteiger charge is -2.08. The molecule has 2 aromatic heterocycles. The van der Waals surface area contributed by atoms with Crippen molar-refractivity contribution in [1.29, 1.82) is 0 Å². The monoisotopic (exact) mass is 375 g/mol. The van der Waals surface area contributed by atoms with Gasteiger partial charge in [-0.25, -0.2) is 4.98 Å². The van der Waals surface area contributed by atoms with Gasteiger partial charge in [0.15, 0.2) is 0 Å². The molecule has 0 aliphatic rings. The zero-order chi connectivity index (χ0) is 19.5. The molecule has 28 heavy (non-hydrogen) atoms. The Morgan fingerprint density at radius 1 is 1.00 bits per heavy atom. The van der Waals surface area contributed by atoms with E-state index in [2.05, 4.69) is 20.8 Å². The average molecular weight is 375 g/mol. The summed E-state index contributed by atoms with van der Waals surface area (Å²) in [6.07, 6.45) is 3.03. The second-order valence-electron chi connectivity index (χ2n) is 6.26. The average Bonchev–Trinajstić information content (AvgIpc) is 3.16. The topological polar surface area (TPSA) is 109 Å². The quantitative estimate of drug-likeness (QED) is 0.472. The number of aromatic nitrogens is 3. The number of aryl methyl sites for hydroxylation is 1. The van der Waals surface area contributed by atoms with Gasteiger partial charge in [0.25, 0.3) is 11.5 Å². The van der Waals surface area contributed by atoms with Crippen LogP contribution in [-0.4, -0.2) is 26.3 Å². The van der Waals surface area contributed by atoms with E-state index < -0.39 is 11.8 Å². The van der Waals surface area contributed by atoms with Gasteiger partial charge in [-0.1, -0.05) is 30.3 Å². The van der Waals surface area contributed by atoms with Gasteiger partial charge in [0.1, 0.15) is 0 Å². The highest BCUT2D eigenvalue weighted by molar-refractivity contribution is 6.07. The molecular formula is C20H17N5O3. The van der Waals surface area contributed by atoms with Crippen molar-refractivity contribution in [3.63, 3.8) is 0 Å². The Balaban J connectivity index is 1.37. The van der Waals surface area contributed by atoms with Crippen LogP contribution in [0.15, 0.2) is 65.8 Å². The Bertz CT molecular complexity index is 1240. The van der Waals surface area contributed by atoms with Crippen LogP contribution < -0.4 is 16.4 Å². The molecule has 0 atom stereocenters. The fourth-order valence-corrected chi connectivity index (χ4v) is 3.00. The molecule has 2 amide bonds. The van der Waals surface area contributed by atoms with E-state index in [1.54, 1.807) is 24.4 Å². The number of fused-ring (bicyclic) bond motifs is 2. The van der Waals surface area contributed by atoms with Gasteiger partial charge in [-0.2, -0.15) is 0 Å². The third kappa shape index (κ3) is 3.35. The largest absolute Gasteiger partial charge is 0.360 e. The lowest BCUT2D eigenvalue weighted by atomic mass is 10.2. The molecule has 0 radical (unpaired) electrons. The van der Waals surface area contributed by atoms with Crippen molar-refractivity contribution >= 4 is 33.6 Å². The smallest absolute Gasteiger partial charge is 0.271 e. The standard InChI is InChI=1S/C20H17N5O3/c26-18(9-10-25-12-22-17-8-4-2-6-14(17)20(25)28)23-24-19(27)15-11-21-16-7-3-1-5-13(15)16/h1-8,11-12,21H,9-10H2,(H,23,26)(H,24,27). The van der Waals surface area contributed by atoms with Crippen molar-refractivity contribution in [2.45, 2.75) is 13.0 Å². The molecule has 140 valence electrons. The van der Waals surface area contributed by atoms with E-state index in [1.165, 1.54) is 10.9 Å². The molecule has 0 aliphatic heterocycles. The lowest BCUT2D eigenvalue weighted by Crippen LogP contribution is -2.42. The van der Waals surface area contributed by atoms with Crippen LogP contribution in [0.25, 0.3) is 21.8 Å². The predicted octanol–water partition coefficient (Wildman–Crippen LogP) is 1.73. The fraction of sp³-hybridized carbons (Fsp3) is 0.100. The van der Waals surface area contributed by atoms with Crippen LogP contribution in [0.5, 0.6) is 0 Å². The van der Waals surface area contributed by atoms with Crippen molar-refractivity contribution in [3.8, 4) is 0 Å². The zero-order valence-electron chi connectivity index (χ0n) is 14.8. The van der Waals surface area contributed by atoms with Gasteiger partial charge in [-0.3, -0.25) is 29.8 Å². The molecule has 8 heteroatoms. The molecule has 4 rings (SSSR count). The van der Waals surface area contributed by atoms with Gasteiger partial charge in [-0.15, -0.1) is 0 Å². The first-order valence-corrected chi connectivity index (χ1v) is 8.73. The minimum absolute atomic E-state index is 0.0219. The first kappa shape index (κ1) is 17.5. The molecule has 4 aromatic rings. The number of hydrazine groups is 1. The molecule has 2 heterocycles. The molecule has 0 saturated carbocycles. The number of rotatable bonds is 4. The van der Waals surface area contributed by atoms with Gasteiger partial charge in [0, 0.05) is 30.1 Å². The van der Waals surface area contributed by atoms with Crippen LogP contribution in [0.1, 0.15) is 16.8 Å². The Morgan fingerprint density at radius 2 is 1.75 bits per heavy atom. The second-order valence-corrected chi connectivity index (χ2v) is 6.26. The number of benzene rings is 2. The summed E-state index contributed by atoms with van der Waals surface area (Å²) < 4.78 is 1.38. The highest BCUT2D eigenvalue weighted by Crippen LogP contribution is 2.17. The Morgan fingerprint density at radius 3 is 2.61 bits per heavy atom. The Labute approximate surface area is 159 Å². The molecule has 0 saturated heterocycles. The van der Waals surface area contributed by atoms with E-state index in [0.29, 0.717) is 16.5 Å². The summed E-state index contributed by atoms with van der Waals surface area (Å²) in [6.45, 7) is 0.158. The van der Waals surface area contributed by atoms with Crippen LogP contribution in [0.3, 0.4) is 0 Å². The molecule has 2 aromatic carbocycles. The molecule has 0 unspecified atom stereocenters. The molecule has 8 nitrogen and oxygen atoms in total. The first-order chi connectivity index (χ1) is 13.6. The number of carbonyl (C=O) groups excluding carboxylic acids is 2. The lowest BCUT2D eigenvalue weighted by molar-refractivity contribution is -0.122. The van der Waals surface area contributed by atoms with Crippen LogP contribution >= 0.6 is 0 Å². The summed E-state index contributed by atoms with van der Waals surface area (Å²) in [5.74, 6) is -0.830. The third-order valence-electron chi connectivity index (χ3n) is 4.46. The van der Waals surface area contributed by atoms with Crippen LogP contribution in [-0.2, 0) is 11.3 Å². The van der Waals surface area contributed by atoms with Crippen molar-refractivity contribution in [1.82, 2.24) is 25.4 Å². The van der Waals surface area contributed by atoms with E-state index in [4.69, 9.17) is 0 Å². The molecule has 0 aliphatic carbocycles. The summed E-state index contributed by atoms with van der Waals surface area (Å²) in [5.41, 5.74) is 6.44. The van der Waals surface area contributed by atoms with Gasteiger partial charge in [0.2, 0.25) is 5.91 Å². The van der Waals surface area contributed by atoms with Crippen molar-refractivity contribution < 1.29 is 9.59 Å². The minimum atomic E-state index is -0.421. The molecule has 0 fully saturated rings. The summed E-state index contributed by atoms with van der Waals surface area (Å²) in [5, 5.41) is 1.26. The number of carbonyl (C=O) groups is 2. The van der Waals surface area contributed by atoms with Crippen LogP contribution in [0, 0.1) is 0 Å². The Kier molecular flexibility index (Phi) is 4.59. The van der Waals surface area contributed by atoms with Gasteiger partial charge in [0.05, 0.1) is 22.8 Å². The number of nitrogens with zero attached hydrogens (tertiary/aromatic N) is 2. The minimum Gasteiger partial charge on any atom is -0.360 e. The van der Waals surface area contributed by atoms with E-state index >= 15 is 0 Å². The maximum atomic E-state index is 12.4. The fourth-order valence-electron chi connectivity index (χ4n) is 3.00. The third-order valence-corrected chi connectivity index (χ3v) is 4.46. The summed E-state index contributed by atoms with van der Waals surface area (Å²) in [4.78, 5) is 44.0. The van der Waals surface area contributed by atoms with Gasteiger partial charge < -0.3 is 4.98 Å². The molecule has 0 spiro atoms. The van der Waals surface area contributed by atoms with Gasteiger partial charge >= 0.3 is 0 Å². The molecular weight excluding hydrogens is 358 g/mol. The first-order valence-electron chi connectivity index (χ1n) is 8.73. The van der Waals surface area contributed by atoms with Crippen LogP contribution in [0.4, 0.5) is 0 Å². The molecule has 3 N–H and O–H groups in total. The number of hydrogen-bond acceptors (Lipinski definition) is 4. The number of aromatic amines is 1. The maximum Gasteiger partial charge on any atom is 0.271 e. The SMILES string of the molecule is O=C(CCn1cnc2ccccc2c1=O)NNC(=O)c1c[nH]c2ccccc12. The second kappa shape index (κ2) is 7.36. The number of nitrogens with one attached hydrogen (secondary N) is 3. The normalized spacial score (nSPS) is 10.9. The van der Waals surface area contributed by atoms with Crippen molar-refractivity contribution in [3.05, 3.63) is 77.0 Å². The highest BCUT2D eigenvalue weighted by Gasteiger charge is 2.12. The van der Waals surface area contributed by atoms with E-state index in [0.717, 1.165) is 10.9 Å². The van der Waals surface area contributed by atoms with Gasteiger partial charge in [-0.05, 0) is 18.2 Å². The van der Waals surface area contributed by atoms with E-state index in [-0.39, 0.29) is 18.5 Å². The summed E-state index contributed by atoms with van der Waals surface area (Å²) in [6, 6.07) is 14.4. The van der Waals surface area contributed by atoms with Crippen LogP contribution in [0.2, 0.25) is 0 Å². The number of amides is 2. The summed E-state index contributed by atoms with van der Waals surface area (Å²) >= 11 is 0. The van der Waals surface area contributed by atoms with E-state index in [1.807, 2.05) is 30.3 Å². The maximum absolute atomic E-state index is 12.4. The highest BCUT2D eigenvalue weighted by atomic mass is 16.2. The molecule has 0 bridgehead atoms. The number of para-hydroxylation sites is 2. The van der Waals surface area contributed by atoms with E-state index in [9.17, 15) is 14.4 Å². The Hall–Kier alpha value is -3.94. The van der Waals surface area contributed by atoms with Crippen molar-refractivity contribution in [2.24, 2.45) is 0 Å². The summed E-state index contributed by atoms with van der Waals surface area (Å²) in [7, 11) is 0.